The van der Waals surface area contributed by atoms with Crippen molar-refractivity contribution in [3.8, 4) is 22.4 Å². The number of hydrogen-bond acceptors (Lipinski definition) is 4. The van der Waals surface area contributed by atoms with Gasteiger partial charge in [0.15, 0.2) is 5.76 Å². The van der Waals surface area contributed by atoms with Gasteiger partial charge in [-0.2, -0.15) is 0 Å². The first-order valence-electron chi connectivity index (χ1n) is 9.65. The molecule has 2 heterocycles. The van der Waals surface area contributed by atoms with E-state index in [-0.39, 0.29) is 22.9 Å². The van der Waals surface area contributed by atoms with Gasteiger partial charge in [0.2, 0.25) is 11.5 Å². The van der Waals surface area contributed by atoms with Gasteiger partial charge in [0, 0.05) is 26.6 Å². The zero-order valence-electron chi connectivity index (χ0n) is 17.3. The Morgan fingerprint density at radius 1 is 1.03 bits per heavy atom. The SMILES string of the molecule is [B]c1ccc(-c2nc3oc(C(=O)C(C)(C)C)c(N)c3cc2-c2ccc(Cl)cc2)c(Cl)c1. The lowest BCUT2D eigenvalue weighted by Crippen LogP contribution is -2.20. The van der Waals surface area contributed by atoms with Crippen LogP contribution in [0.3, 0.4) is 0 Å². The molecule has 0 bridgehead atoms. The quantitative estimate of drug-likeness (QED) is 0.305. The Morgan fingerprint density at radius 3 is 2.32 bits per heavy atom. The van der Waals surface area contributed by atoms with E-state index in [0.717, 1.165) is 11.1 Å². The van der Waals surface area contributed by atoms with Gasteiger partial charge in [-0.25, -0.2) is 4.98 Å². The van der Waals surface area contributed by atoms with E-state index in [2.05, 4.69) is 0 Å². The van der Waals surface area contributed by atoms with E-state index >= 15 is 0 Å². The van der Waals surface area contributed by atoms with E-state index in [9.17, 15) is 4.79 Å². The number of benzene rings is 2. The molecule has 0 aliphatic carbocycles. The second kappa shape index (κ2) is 7.74. The molecule has 4 nitrogen and oxygen atoms in total. The molecule has 0 fully saturated rings. The lowest BCUT2D eigenvalue weighted by Gasteiger charge is -2.14. The van der Waals surface area contributed by atoms with Crippen molar-refractivity contribution in [1.82, 2.24) is 4.98 Å². The lowest BCUT2D eigenvalue weighted by molar-refractivity contribution is 0.0832. The van der Waals surface area contributed by atoms with Gasteiger partial charge < -0.3 is 10.2 Å². The van der Waals surface area contributed by atoms with Crippen molar-refractivity contribution < 1.29 is 9.21 Å². The van der Waals surface area contributed by atoms with E-state index < -0.39 is 5.41 Å². The monoisotopic (exact) mass is 448 g/mol. The summed E-state index contributed by atoms with van der Waals surface area (Å²) in [5.41, 5.74) is 9.67. The lowest BCUT2D eigenvalue weighted by atomic mass is 9.89. The number of pyridine rings is 1. The van der Waals surface area contributed by atoms with Crippen LogP contribution in [0.4, 0.5) is 5.69 Å². The van der Waals surface area contributed by atoms with Crippen LogP contribution in [0.5, 0.6) is 0 Å². The van der Waals surface area contributed by atoms with Crippen LogP contribution in [0, 0.1) is 5.41 Å². The van der Waals surface area contributed by atoms with Crippen LogP contribution in [0.15, 0.2) is 52.9 Å². The maximum absolute atomic E-state index is 12.8. The van der Waals surface area contributed by atoms with Crippen molar-refractivity contribution in [2.24, 2.45) is 5.41 Å². The number of anilines is 1. The molecular weight excluding hydrogens is 430 g/mol. The number of hydrogen-bond donors (Lipinski definition) is 1. The van der Waals surface area contributed by atoms with Crippen molar-refractivity contribution in [2.75, 3.05) is 5.73 Å². The van der Waals surface area contributed by atoms with Gasteiger partial charge in [-0.05, 0) is 29.8 Å². The average molecular weight is 449 g/mol. The number of Topliss-reactive ketones (excluding diaryl/α,β-unsaturated/α-hetero) is 1. The topological polar surface area (TPSA) is 69.1 Å². The molecule has 0 aliphatic rings. The van der Waals surface area contributed by atoms with Crippen LogP contribution in [-0.4, -0.2) is 18.6 Å². The van der Waals surface area contributed by atoms with Crippen LogP contribution in [-0.2, 0) is 0 Å². The highest BCUT2D eigenvalue weighted by Gasteiger charge is 2.30. The van der Waals surface area contributed by atoms with E-state index in [4.69, 9.17) is 46.2 Å². The largest absolute Gasteiger partial charge is 0.432 e. The Kier molecular flexibility index (Phi) is 5.36. The van der Waals surface area contributed by atoms with E-state index in [1.807, 2.05) is 39.0 Å². The summed E-state index contributed by atoms with van der Waals surface area (Å²) in [5, 5.41) is 1.63. The summed E-state index contributed by atoms with van der Waals surface area (Å²) in [6, 6.07) is 14.5. The van der Waals surface area contributed by atoms with Crippen LogP contribution < -0.4 is 11.2 Å². The van der Waals surface area contributed by atoms with E-state index in [1.54, 1.807) is 30.3 Å². The molecule has 7 heteroatoms. The van der Waals surface area contributed by atoms with Gasteiger partial charge >= 0.3 is 0 Å². The second-order valence-corrected chi connectivity index (χ2v) is 9.25. The average Bonchev–Trinajstić information content (AvgIpc) is 3.02. The van der Waals surface area contributed by atoms with E-state index in [1.165, 1.54) is 0 Å². The third kappa shape index (κ3) is 3.96. The fourth-order valence-electron chi connectivity index (χ4n) is 3.33. The van der Waals surface area contributed by atoms with Crippen LogP contribution in [0.25, 0.3) is 33.5 Å². The highest BCUT2D eigenvalue weighted by atomic mass is 35.5. The highest BCUT2D eigenvalue weighted by molar-refractivity contribution is 6.38. The zero-order chi connectivity index (χ0) is 22.5. The van der Waals surface area contributed by atoms with Crippen LogP contribution in [0.1, 0.15) is 31.3 Å². The minimum atomic E-state index is -0.649. The fourth-order valence-corrected chi connectivity index (χ4v) is 3.73. The number of nitrogen functional groups attached to an aromatic ring is 1. The maximum atomic E-state index is 12.8. The summed E-state index contributed by atoms with van der Waals surface area (Å²) in [6.07, 6.45) is 0. The second-order valence-electron chi connectivity index (χ2n) is 8.41. The molecule has 2 radical (unpaired) electrons. The number of fused-ring (bicyclic) bond motifs is 1. The first-order valence-corrected chi connectivity index (χ1v) is 10.4. The Bertz CT molecular complexity index is 1320. The normalized spacial score (nSPS) is 11.8. The molecule has 31 heavy (non-hydrogen) atoms. The Hall–Kier alpha value is -2.76. The molecule has 0 spiro atoms. The number of carbonyl (C=O) groups is 1. The summed E-state index contributed by atoms with van der Waals surface area (Å²) >= 11 is 12.6. The minimum Gasteiger partial charge on any atom is -0.432 e. The smallest absolute Gasteiger partial charge is 0.229 e. The third-order valence-corrected chi connectivity index (χ3v) is 5.58. The maximum Gasteiger partial charge on any atom is 0.229 e. The first kappa shape index (κ1) is 21.5. The van der Waals surface area contributed by atoms with E-state index in [0.29, 0.717) is 32.2 Å². The molecule has 2 aromatic heterocycles. The zero-order valence-corrected chi connectivity index (χ0v) is 18.8. The third-order valence-electron chi connectivity index (χ3n) is 5.01. The minimum absolute atomic E-state index is 0.109. The standard InChI is InChI=1S/C24H19BCl2N2O2/c1-24(2,3)22(30)21-19(28)17-11-16(12-4-7-14(26)8-5-12)20(29-23(17)31-21)15-9-6-13(25)10-18(15)27/h4-11H,28H2,1-3H3. The summed E-state index contributed by atoms with van der Waals surface area (Å²) in [6.45, 7) is 5.44. The molecule has 4 rings (SSSR count). The number of halogens is 2. The Morgan fingerprint density at radius 2 is 1.71 bits per heavy atom. The van der Waals surface area contributed by atoms with Gasteiger partial charge in [0.1, 0.15) is 7.85 Å². The van der Waals surface area contributed by atoms with Gasteiger partial charge in [-0.3, -0.25) is 4.79 Å². The van der Waals surface area contributed by atoms with Gasteiger partial charge in [-0.15, -0.1) is 0 Å². The van der Waals surface area contributed by atoms with Crippen molar-refractivity contribution in [3.63, 3.8) is 0 Å². The highest BCUT2D eigenvalue weighted by Crippen LogP contribution is 2.40. The number of rotatable bonds is 3. The summed E-state index contributed by atoms with van der Waals surface area (Å²) in [4.78, 5) is 17.6. The Balaban J connectivity index is 2.03. The number of nitrogens with two attached hydrogens (primary N) is 1. The fraction of sp³-hybridized carbons (Fsp3) is 0.167. The molecule has 4 aromatic rings. The molecule has 154 valence electrons. The van der Waals surface area contributed by atoms with Crippen molar-refractivity contribution in [2.45, 2.75) is 20.8 Å². The molecule has 0 amide bonds. The predicted molar refractivity (Wildman–Crippen MR) is 128 cm³/mol. The van der Waals surface area contributed by atoms with Crippen LogP contribution >= 0.6 is 23.2 Å². The first-order chi connectivity index (χ1) is 14.6. The molecule has 0 saturated heterocycles. The van der Waals surface area contributed by atoms with Gasteiger partial charge in [0.05, 0.1) is 16.8 Å². The van der Waals surface area contributed by atoms with Crippen molar-refractivity contribution >= 4 is 59.1 Å². The molecule has 0 aliphatic heterocycles. The number of nitrogens with zero attached hydrogens (tertiary/aromatic N) is 1. The molecule has 0 atom stereocenters. The molecule has 0 unspecified atom stereocenters. The molecule has 2 aromatic carbocycles. The predicted octanol–water partition coefficient (Wildman–Crippen LogP) is 6.07. The summed E-state index contributed by atoms with van der Waals surface area (Å²) in [5.74, 6) is -0.0827. The number of ketones is 1. The molecule has 0 saturated carbocycles. The summed E-state index contributed by atoms with van der Waals surface area (Å²) < 4.78 is 5.85. The molecular formula is C24H19BCl2N2O2. The van der Waals surface area contributed by atoms with Crippen molar-refractivity contribution in [1.29, 1.82) is 0 Å². The number of furan rings is 1. The number of carbonyl (C=O) groups excluding carboxylic acids is 1. The number of aromatic nitrogens is 1. The Labute approximate surface area is 191 Å². The van der Waals surface area contributed by atoms with Gasteiger partial charge in [-0.1, -0.05) is 73.7 Å². The molecule has 2 N–H and O–H groups in total. The van der Waals surface area contributed by atoms with Gasteiger partial charge in [0.25, 0.3) is 0 Å². The van der Waals surface area contributed by atoms with Crippen LogP contribution in [0.2, 0.25) is 10.0 Å². The van der Waals surface area contributed by atoms with Crippen molar-refractivity contribution in [3.05, 3.63) is 64.3 Å². The summed E-state index contributed by atoms with van der Waals surface area (Å²) in [7, 11) is 5.87.